The Morgan fingerprint density at radius 3 is 2.94 bits per heavy atom. The van der Waals surface area contributed by atoms with E-state index < -0.39 is 0 Å². The maximum atomic E-state index is 4.33. The molecule has 0 saturated carbocycles. The number of thiazole rings is 1. The maximum Gasteiger partial charge on any atom is 0.135 e. The van der Waals surface area contributed by atoms with E-state index in [0.29, 0.717) is 0 Å². The van der Waals surface area contributed by atoms with E-state index in [0.717, 1.165) is 32.1 Å². The van der Waals surface area contributed by atoms with Crippen molar-refractivity contribution in [2.45, 2.75) is 6.92 Å². The molecule has 2 heterocycles. The number of anilines is 2. The second-order valence-electron chi connectivity index (χ2n) is 3.78. The number of benzene rings is 1. The molecule has 0 aliphatic rings. The quantitative estimate of drug-likeness (QED) is 0.727. The van der Waals surface area contributed by atoms with Gasteiger partial charge in [-0.15, -0.1) is 11.3 Å². The van der Waals surface area contributed by atoms with Crippen LogP contribution < -0.4 is 5.32 Å². The van der Waals surface area contributed by atoms with Crippen molar-refractivity contribution < 1.29 is 0 Å². The highest BCUT2D eigenvalue weighted by Gasteiger charge is 2.02. The van der Waals surface area contributed by atoms with Gasteiger partial charge in [-0.25, -0.2) is 15.0 Å². The highest BCUT2D eigenvalue weighted by molar-refractivity contribution is 9.10. The van der Waals surface area contributed by atoms with Gasteiger partial charge in [0.25, 0.3) is 0 Å². The van der Waals surface area contributed by atoms with E-state index in [4.69, 9.17) is 0 Å². The summed E-state index contributed by atoms with van der Waals surface area (Å²) in [5.74, 6) is 1.50. The highest BCUT2D eigenvalue weighted by Crippen LogP contribution is 2.24. The molecular formula is C12H9BrN4S. The van der Waals surface area contributed by atoms with E-state index in [1.807, 2.05) is 30.6 Å². The van der Waals surface area contributed by atoms with Crippen molar-refractivity contribution in [1.29, 1.82) is 0 Å². The molecule has 1 aromatic carbocycles. The van der Waals surface area contributed by atoms with Gasteiger partial charge in [-0.3, -0.25) is 0 Å². The Labute approximate surface area is 116 Å². The van der Waals surface area contributed by atoms with Crippen LogP contribution in [-0.4, -0.2) is 15.0 Å². The van der Waals surface area contributed by atoms with Crippen LogP contribution in [-0.2, 0) is 0 Å². The van der Waals surface area contributed by atoms with Crippen molar-refractivity contribution in [1.82, 2.24) is 15.0 Å². The summed E-state index contributed by atoms with van der Waals surface area (Å²) < 4.78 is 1.93. The first-order valence-electron chi connectivity index (χ1n) is 5.32. The number of halogens is 1. The van der Waals surface area contributed by atoms with Crippen molar-refractivity contribution >= 4 is 49.0 Å². The van der Waals surface area contributed by atoms with Gasteiger partial charge < -0.3 is 5.32 Å². The predicted octanol–water partition coefficient (Wildman–Crippen LogP) is 3.90. The standard InChI is InChI=1S/C12H9BrN4S/c1-7-15-11(13)5-12(16-7)17-8-2-3-9-10(4-8)18-6-14-9/h2-6H,1H3,(H,15,16,17). The molecule has 3 aromatic rings. The van der Waals surface area contributed by atoms with Crippen LogP contribution in [0, 0.1) is 6.92 Å². The molecule has 0 amide bonds. The van der Waals surface area contributed by atoms with Crippen molar-refractivity contribution in [2.24, 2.45) is 0 Å². The van der Waals surface area contributed by atoms with E-state index in [-0.39, 0.29) is 0 Å². The lowest BCUT2D eigenvalue weighted by atomic mass is 10.3. The summed E-state index contributed by atoms with van der Waals surface area (Å²) in [5.41, 5.74) is 3.86. The molecule has 0 aliphatic carbocycles. The summed E-state index contributed by atoms with van der Waals surface area (Å²) >= 11 is 4.99. The third-order valence-electron chi connectivity index (χ3n) is 2.41. The number of hydrogen-bond donors (Lipinski definition) is 1. The first-order valence-corrected chi connectivity index (χ1v) is 6.99. The van der Waals surface area contributed by atoms with E-state index in [2.05, 4.69) is 42.3 Å². The Morgan fingerprint density at radius 1 is 1.22 bits per heavy atom. The average Bonchev–Trinajstić information content (AvgIpc) is 2.74. The third kappa shape index (κ3) is 2.34. The van der Waals surface area contributed by atoms with Gasteiger partial charge in [0.15, 0.2) is 0 Å². The maximum absolute atomic E-state index is 4.33. The van der Waals surface area contributed by atoms with Crippen LogP contribution in [0.2, 0.25) is 0 Å². The van der Waals surface area contributed by atoms with Gasteiger partial charge in [-0.2, -0.15) is 0 Å². The number of nitrogens with zero attached hydrogens (tertiary/aromatic N) is 3. The fourth-order valence-corrected chi connectivity index (χ4v) is 2.87. The number of fused-ring (bicyclic) bond motifs is 1. The van der Waals surface area contributed by atoms with Gasteiger partial charge in [-0.1, -0.05) is 0 Å². The lowest BCUT2D eigenvalue weighted by Crippen LogP contribution is -1.97. The third-order valence-corrected chi connectivity index (χ3v) is 3.61. The van der Waals surface area contributed by atoms with E-state index in [1.54, 1.807) is 11.3 Å². The van der Waals surface area contributed by atoms with Crippen LogP contribution in [0.25, 0.3) is 10.2 Å². The number of aryl methyl sites for hydroxylation is 1. The van der Waals surface area contributed by atoms with E-state index in [1.165, 1.54) is 0 Å². The van der Waals surface area contributed by atoms with Crippen LogP contribution in [0.4, 0.5) is 11.5 Å². The summed E-state index contributed by atoms with van der Waals surface area (Å²) in [6.07, 6.45) is 0. The van der Waals surface area contributed by atoms with Crippen LogP contribution in [0.5, 0.6) is 0 Å². The Morgan fingerprint density at radius 2 is 2.11 bits per heavy atom. The molecule has 0 radical (unpaired) electrons. The first kappa shape index (κ1) is 11.6. The smallest absolute Gasteiger partial charge is 0.135 e. The molecule has 90 valence electrons. The molecule has 4 nitrogen and oxygen atoms in total. The van der Waals surface area contributed by atoms with E-state index in [9.17, 15) is 0 Å². The highest BCUT2D eigenvalue weighted by atomic mass is 79.9. The molecule has 1 N–H and O–H groups in total. The Hall–Kier alpha value is -1.53. The largest absolute Gasteiger partial charge is 0.340 e. The summed E-state index contributed by atoms with van der Waals surface area (Å²) in [4.78, 5) is 12.8. The molecule has 0 saturated heterocycles. The molecule has 18 heavy (non-hydrogen) atoms. The Balaban J connectivity index is 1.95. The first-order chi connectivity index (χ1) is 8.70. The zero-order valence-electron chi connectivity index (χ0n) is 9.51. The van der Waals surface area contributed by atoms with Crippen LogP contribution in [0.1, 0.15) is 5.82 Å². The minimum absolute atomic E-state index is 0.728. The second kappa shape index (κ2) is 4.62. The minimum Gasteiger partial charge on any atom is -0.340 e. The molecule has 0 fully saturated rings. The molecule has 0 bridgehead atoms. The van der Waals surface area contributed by atoms with Gasteiger partial charge in [0.1, 0.15) is 16.2 Å². The lowest BCUT2D eigenvalue weighted by molar-refractivity contribution is 1.04. The van der Waals surface area contributed by atoms with Crippen LogP contribution in [0.15, 0.2) is 34.4 Å². The normalized spacial score (nSPS) is 10.8. The molecule has 6 heteroatoms. The zero-order valence-corrected chi connectivity index (χ0v) is 11.9. The fourth-order valence-electron chi connectivity index (χ4n) is 1.68. The Kier molecular flexibility index (Phi) is 2.97. The summed E-state index contributed by atoms with van der Waals surface area (Å²) in [6, 6.07) is 7.91. The monoisotopic (exact) mass is 320 g/mol. The summed E-state index contributed by atoms with van der Waals surface area (Å²) in [5, 5.41) is 3.27. The van der Waals surface area contributed by atoms with Gasteiger partial charge in [0.2, 0.25) is 0 Å². The van der Waals surface area contributed by atoms with Gasteiger partial charge >= 0.3 is 0 Å². The number of hydrogen-bond acceptors (Lipinski definition) is 5. The Bertz CT molecular complexity index is 690. The fraction of sp³-hybridized carbons (Fsp3) is 0.0833. The number of nitrogens with one attached hydrogen (secondary N) is 1. The SMILES string of the molecule is Cc1nc(Br)cc(Nc2ccc3ncsc3c2)n1. The van der Waals surface area contributed by atoms with Crippen LogP contribution in [0.3, 0.4) is 0 Å². The molecule has 3 rings (SSSR count). The van der Waals surface area contributed by atoms with Gasteiger partial charge in [0, 0.05) is 11.8 Å². The van der Waals surface area contributed by atoms with Crippen LogP contribution >= 0.6 is 27.3 Å². The number of aromatic nitrogens is 3. The average molecular weight is 321 g/mol. The zero-order chi connectivity index (χ0) is 12.5. The summed E-state index contributed by atoms with van der Waals surface area (Å²) in [6.45, 7) is 1.86. The molecule has 2 aromatic heterocycles. The van der Waals surface area contributed by atoms with Crippen molar-refractivity contribution in [3.63, 3.8) is 0 Å². The molecule has 0 unspecified atom stereocenters. The molecular weight excluding hydrogens is 312 g/mol. The number of rotatable bonds is 2. The molecule has 0 atom stereocenters. The van der Waals surface area contributed by atoms with E-state index >= 15 is 0 Å². The minimum atomic E-state index is 0.728. The van der Waals surface area contributed by atoms with Gasteiger partial charge in [0.05, 0.1) is 15.7 Å². The predicted molar refractivity (Wildman–Crippen MR) is 77.4 cm³/mol. The molecule has 0 spiro atoms. The topological polar surface area (TPSA) is 50.7 Å². The van der Waals surface area contributed by atoms with Gasteiger partial charge in [-0.05, 0) is 41.1 Å². The lowest BCUT2D eigenvalue weighted by Gasteiger charge is -2.06. The van der Waals surface area contributed by atoms with Crippen molar-refractivity contribution in [3.05, 3.63) is 40.2 Å². The van der Waals surface area contributed by atoms with Crippen molar-refractivity contribution in [3.8, 4) is 0 Å². The van der Waals surface area contributed by atoms with Crippen molar-refractivity contribution in [2.75, 3.05) is 5.32 Å². The molecule has 0 aliphatic heterocycles. The summed E-state index contributed by atoms with van der Waals surface area (Å²) in [7, 11) is 0. The second-order valence-corrected chi connectivity index (χ2v) is 5.48.